The van der Waals surface area contributed by atoms with E-state index in [2.05, 4.69) is 5.32 Å². The van der Waals surface area contributed by atoms with Gasteiger partial charge in [0.1, 0.15) is 11.6 Å². The Kier molecular flexibility index (Phi) is 5.22. The summed E-state index contributed by atoms with van der Waals surface area (Å²) in [6.45, 7) is 1.98. The SMILES string of the molecule is Cc1ccc(CS(=O)CC(=O)Nc2cccc(F)c2)cc1. The van der Waals surface area contributed by atoms with Gasteiger partial charge in [0.2, 0.25) is 5.91 Å². The molecule has 0 fully saturated rings. The van der Waals surface area contributed by atoms with Crippen molar-refractivity contribution in [3.63, 3.8) is 0 Å². The first kappa shape index (κ1) is 15.4. The predicted molar refractivity (Wildman–Crippen MR) is 82.9 cm³/mol. The van der Waals surface area contributed by atoms with Crippen molar-refractivity contribution in [2.75, 3.05) is 11.1 Å². The summed E-state index contributed by atoms with van der Waals surface area (Å²) < 4.78 is 24.9. The summed E-state index contributed by atoms with van der Waals surface area (Å²) in [5.41, 5.74) is 2.43. The summed E-state index contributed by atoms with van der Waals surface area (Å²) in [7, 11) is -1.29. The van der Waals surface area contributed by atoms with Crippen LogP contribution in [0.2, 0.25) is 0 Å². The molecule has 0 radical (unpaired) electrons. The van der Waals surface area contributed by atoms with Crippen LogP contribution in [0, 0.1) is 12.7 Å². The molecule has 0 spiro atoms. The van der Waals surface area contributed by atoms with Crippen molar-refractivity contribution in [1.29, 1.82) is 0 Å². The molecule has 1 amide bonds. The lowest BCUT2D eigenvalue weighted by Gasteiger charge is -2.06. The van der Waals surface area contributed by atoms with Crippen LogP contribution in [0.25, 0.3) is 0 Å². The van der Waals surface area contributed by atoms with E-state index in [1.807, 2.05) is 31.2 Å². The largest absolute Gasteiger partial charge is 0.325 e. The zero-order valence-corrected chi connectivity index (χ0v) is 12.5. The minimum Gasteiger partial charge on any atom is -0.325 e. The third kappa shape index (κ3) is 5.11. The molecule has 0 aliphatic rings. The molecule has 0 saturated heterocycles. The highest BCUT2D eigenvalue weighted by Gasteiger charge is 2.09. The molecule has 2 aromatic rings. The fourth-order valence-electron chi connectivity index (χ4n) is 1.83. The van der Waals surface area contributed by atoms with Gasteiger partial charge in [-0.05, 0) is 30.7 Å². The molecule has 2 aromatic carbocycles. The number of rotatable bonds is 5. The smallest absolute Gasteiger partial charge is 0.237 e. The lowest BCUT2D eigenvalue weighted by molar-refractivity contribution is -0.113. The van der Waals surface area contributed by atoms with Gasteiger partial charge in [0.25, 0.3) is 0 Å². The van der Waals surface area contributed by atoms with Gasteiger partial charge in [-0.15, -0.1) is 0 Å². The van der Waals surface area contributed by atoms with Gasteiger partial charge in [0, 0.05) is 22.2 Å². The number of aryl methyl sites for hydroxylation is 1. The number of nitrogens with one attached hydrogen (secondary N) is 1. The van der Waals surface area contributed by atoms with Crippen molar-refractivity contribution in [1.82, 2.24) is 0 Å². The first-order valence-corrected chi connectivity index (χ1v) is 7.97. The van der Waals surface area contributed by atoms with E-state index in [1.165, 1.54) is 18.2 Å². The molecule has 21 heavy (non-hydrogen) atoms. The Labute approximate surface area is 125 Å². The van der Waals surface area contributed by atoms with Gasteiger partial charge < -0.3 is 5.32 Å². The minimum absolute atomic E-state index is 0.107. The Morgan fingerprint density at radius 2 is 1.90 bits per heavy atom. The first-order chi connectivity index (χ1) is 10.0. The van der Waals surface area contributed by atoms with E-state index < -0.39 is 16.6 Å². The van der Waals surface area contributed by atoms with E-state index in [4.69, 9.17) is 0 Å². The third-order valence-electron chi connectivity index (χ3n) is 2.85. The van der Waals surface area contributed by atoms with E-state index in [-0.39, 0.29) is 11.7 Å². The first-order valence-electron chi connectivity index (χ1n) is 6.49. The van der Waals surface area contributed by atoms with Gasteiger partial charge in [0.15, 0.2) is 0 Å². The summed E-state index contributed by atoms with van der Waals surface area (Å²) in [5, 5.41) is 2.54. The van der Waals surface area contributed by atoms with Crippen LogP contribution in [0.1, 0.15) is 11.1 Å². The fraction of sp³-hybridized carbons (Fsp3) is 0.188. The van der Waals surface area contributed by atoms with Gasteiger partial charge in [-0.25, -0.2) is 4.39 Å². The summed E-state index contributed by atoms with van der Waals surface area (Å²) in [6.07, 6.45) is 0. The monoisotopic (exact) mass is 305 g/mol. The molecule has 1 unspecified atom stereocenters. The summed E-state index contributed by atoms with van der Waals surface area (Å²) in [4.78, 5) is 11.8. The Hall–Kier alpha value is -2.01. The lowest BCUT2D eigenvalue weighted by Crippen LogP contribution is -2.20. The Balaban J connectivity index is 1.87. The van der Waals surface area contributed by atoms with Crippen LogP contribution < -0.4 is 5.32 Å². The molecule has 5 heteroatoms. The van der Waals surface area contributed by atoms with Crippen LogP contribution in [0.15, 0.2) is 48.5 Å². The van der Waals surface area contributed by atoms with E-state index >= 15 is 0 Å². The van der Waals surface area contributed by atoms with Crippen LogP contribution in [0.5, 0.6) is 0 Å². The van der Waals surface area contributed by atoms with Crippen molar-refractivity contribution in [2.24, 2.45) is 0 Å². The van der Waals surface area contributed by atoms with E-state index in [1.54, 1.807) is 6.07 Å². The summed E-state index contributed by atoms with van der Waals surface area (Å²) >= 11 is 0. The van der Waals surface area contributed by atoms with Crippen LogP contribution in [-0.4, -0.2) is 15.9 Å². The molecule has 2 rings (SSSR count). The van der Waals surface area contributed by atoms with Crippen molar-refractivity contribution in [3.05, 3.63) is 65.5 Å². The number of amides is 1. The minimum atomic E-state index is -1.29. The van der Waals surface area contributed by atoms with Gasteiger partial charge in [-0.2, -0.15) is 0 Å². The molecule has 0 bridgehead atoms. The number of hydrogen-bond acceptors (Lipinski definition) is 2. The normalized spacial score (nSPS) is 11.9. The predicted octanol–water partition coefficient (Wildman–Crippen LogP) is 3.02. The fourth-order valence-corrected chi connectivity index (χ4v) is 2.86. The maximum Gasteiger partial charge on any atom is 0.237 e. The van der Waals surface area contributed by atoms with Crippen LogP contribution >= 0.6 is 0 Å². The Morgan fingerprint density at radius 1 is 1.19 bits per heavy atom. The van der Waals surface area contributed by atoms with Crippen molar-refractivity contribution < 1.29 is 13.4 Å². The standard InChI is InChI=1S/C16H16FNO2S/c1-12-5-7-13(8-6-12)10-21(20)11-16(19)18-15-4-2-3-14(17)9-15/h2-9H,10-11H2,1H3,(H,18,19). The second-order valence-corrected chi connectivity index (χ2v) is 6.23. The topological polar surface area (TPSA) is 46.2 Å². The number of anilines is 1. The molecule has 0 aliphatic heterocycles. The molecular formula is C16H16FNO2S. The summed E-state index contributed by atoms with van der Waals surface area (Å²) in [6, 6.07) is 13.3. The number of carbonyl (C=O) groups excluding carboxylic acids is 1. The van der Waals surface area contributed by atoms with E-state index in [9.17, 15) is 13.4 Å². The second kappa shape index (κ2) is 7.13. The number of halogens is 1. The average molecular weight is 305 g/mol. The third-order valence-corrected chi connectivity index (χ3v) is 4.09. The Morgan fingerprint density at radius 3 is 2.57 bits per heavy atom. The number of benzene rings is 2. The van der Waals surface area contributed by atoms with Crippen LogP contribution in [-0.2, 0) is 21.3 Å². The van der Waals surface area contributed by atoms with Crippen LogP contribution in [0.4, 0.5) is 10.1 Å². The Bertz CT molecular complexity index is 656. The quantitative estimate of drug-likeness (QED) is 0.923. The molecule has 0 aromatic heterocycles. The van der Waals surface area contributed by atoms with Gasteiger partial charge >= 0.3 is 0 Å². The molecule has 1 atom stereocenters. The second-order valence-electron chi connectivity index (χ2n) is 4.77. The van der Waals surface area contributed by atoms with Gasteiger partial charge in [0.05, 0.1) is 0 Å². The molecule has 1 N–H and O–H groups in total. The number of carbonyl (C=O) groups is 1. The summed E-state index contributed by atoms with van der Waals surface area (Å²) in [5.74, 6) is -0.582. The molecule has 3 nitrogen and oxygen atoms in total. The molecule has 0 aliphatic carbocycles. The van der Waals surface area contributed by atoms with Crippen molar-refractivity contribution in [2.45, 2.75) is 12.7 Å². The molecular weight excluding hydrogens is 289 g/mol. The maximum absolute atomic E-state index is 13.0. The highest BCUT2D eigenvalue weighted by molar-refractivity contribution is 7.84. The average Bonchev–Trinajstić information content (AvgIpc) is 2.41. The molecule has 0 heterocycles. The highest BCUT2D eigenvalue weighted by Crippen LogP contribution is 2.10. The molecule has 0 saturated carbocycles. The number of hydrogen-bond donors (Lipinski definition) is 1. The highest BCUT2D eigenvalue weighted by atomic mass is 32.2. The zero-order valence-electron chi connectivity index (χ0n) is 11.6. The zero-order chi connectivity index (χ0) is 15.2. The van der Waals surface area contributed by atoms with Crippen molar-refractivity contribution >= 4 is 22.4 Å². The lowest BCUT2D eigenvalue weighted by atomic mass is 10.2. The van der Waals surface area contributed by atoms with E-state index in [0.29, 0.717) is 11.4 Å². The molecule has 110 valence electrons. The maximum atomic E-state index is 13.0. The van der Waals surface area contributed by atoms with Gasteiger partial charge in [-0.1, -0.05) is 35.9 Å². The van der Waals surface area contributed by atoms with E-state index in [0.717, 1.165) is 11.1 Å². The van der Waals surface area contributed by atoms with Crippen molar-refractivity contribution in [3.8, 4) is 0 Å². The van der Waals surface area contributed by atoms with Gasteiger partial charge in [-0.3, -0.25) is 9.00 Å². The van der Waals surface area contributed by atoms with Crippen LogP contribution in [0.3, 0.4) is 0 Å².